The molecule has 8 heteroatoms. The highest BCUT2D eigenvalue weighted by Gasteiger charge is 2.15. The molecule has 0 fully saturated rings. The summed E-state index contributed by atoms with van der Waals surface area (Å²) in [6, 6.07) is 19.8. The van der Waals surface area contributed by atoms with Crippen molar-refractivity contribution in [3.63, 3.8) is 0 Å². The van der Waals surface area contributed by atoms with Gasteiger partial charge >= 0.3 is 5.97 Å². The molecule has 3 aromatic carbocycles. The van der Waals surface area contributed by atoms with Gasteiger partial charge in [0.1, 0.15) is 11.5 Å². The lowest BCUT2D eigenvalue weighted by atomic mass is 10.2. The first-order chi connectivity index (χ1) is 13.4. The van der Waals surface area contributed by atoms with Gasteiger partial charge in [-0.2, -0.15) is 5.26 Å². The van der Waals surface area contributed by atoms with Crippen molar-refractivity contribution in [2.45, 2.75) is 4.90 Å². The molecule has 0 saturated heterocycles. The summed E-state index contributed by atoms with van der Waals surface area (Å²) in [6.07, 6.45) is 0. The van der Waals surface area contributed by atoms with E-state index in [4.69, 9.17) is 15.1 Å². The van der Waals surface area contributed by atoms with Crippen molar-refractivity contribution in [3.05, 3.63) is 83.9 Å². The van der Waals surface area contributed by atoms with Crippen LogP contribution in [0.5, 0.6) is 11.5 Å². The summed E-state index contributed by atoms with van der Waals surface area (Å²) in [5.74, 6) is -0.0842. The van der Waals surface area contributed by atoms with Crippen LogP contribution in [0.4, 0.5) is 5.69 Å². The summed E-state index contributed by atoms with van der Waals surface area (Å²) in [6.45, 7) is 0. The normalized spacial score (nSPS) is 10.7. The second-order valence-corrected chi connectivity index (χ2v) is 7.38. The van der Waals surface area contributed by atoms with Gasteiger partial charge in [-0.1, -0.05) is 0 Å². The Kier molecular flexibility index (Phi) is 5.29. The molecule has 0 aliphatic rings. The predicted octanol–water partition coefficient (Wildman–Crippen LogP) is 3.85. The Morgan fingerprint density at radius 3 is 1.93 bits per heavy atom. The van der Waals surface area contributed by atoms with E-state index < -0.39 is 16.0 Å². The standard InChI is InChI=1S/C20H14N2O5S/c21-13-14-1-7-17(8-2-14)27-18-9-5-16(6-10-18)22-28(25,26)19-11-3-15(4-12-19)20(23)24/h1-12,22H,(H,23,24). The van der Waals surface area contributed by atoms with Gasteiger partial charge in [0.25, 0.3) is 10.0 Å². The first kappa shape index (κ1) is 18.9. The number of nitrogens with zero attached hydrogens (tertiary/aromatic N) is 1. The summed E-state index contributed by atoms with van der Waals surface area (Å²) in [4.78, 5) is 10.8. The molecule has 0 aliphatic carbocycles. The largest absolute Gasteiger partial charge is 0.478 e. The summed E-state index contributed by atoms with van der Waals surface area (Å²) in [7, 11) is -3.85. The molecule has 28 heavy (non-hydrogen) atoms. The van der Waals surface area contributed by atoms with Crippen molar-refractivity contribution in [1.29, 1.82) is 5.26 Å². The third kappa shape index (κ3) is 4.47. The van der Waals surface area contributed by atoms with Crippen LogP contribution < -0.4 is 9.46 Å². The summed E-state index contributed by atoms with van der Waals surface area (Å²) < 4.78 is 32.9. The fraction of sp³-hybridized carbons (Fsp3) is 0. The minimum absolute atomic E-state index is 0.00301. The number of carboxylic acids is 1. The third-order valence-electron chi connectivity index (χ3n) is 3.74. The van der Waals surface area contributed by atoms with E-state index in [0.717, 1.165) is 0 Å². The zero-order valence-electron chi connectivity index (χ0n) is 14.4. The van der Waals surface area contributed by atoms with Crippen LogP contribution in [0.1, 0.15) is 15.9 Å². The molecule has 0 amide bonds. The SMILES string of the molecule is N#Cc1ccc(Oc2ccc(NS(=O)(=O)c3ccc(C(=O)O)cc3)cc2)cc1. The van der Waals surface area contributed by atoms with Crippen molar-refractivity contribution < 1.29 is 23.1 Å². The lowest BCUT2D eigenvalue weighted by molar-refractivity contribution is 0.0696. The molecule has 3 rings (SSSR count). The van der Waals surface area contributed by atoms with Crippen molar-refractivity contribution >= 4 is 21.7 Å². The number of hydrogen-bond donors (Lipinski definition) is 2. The van der Waals surface area contributed by atoms with Gasteiger partial charge in [-0.25, -0.2) is 13.2 Å². The van der Waals surface area contributed by atoms with Gasteiger partial charge in [-0.05, 0) is 72.8 Å². The summed E-state index contributed by atoms with van der Waals surface area (Å²) in [5, 5.41) is 17.7. The van der Waals surface area contributed by atoms with Crippen LogP contribution in [-0.2, 0) is 10.0 Å². The molecular formula is C20H14N2O5S. The Hall–Kier alpha value is -3.83. The number of aromatic carboxylic acids is 1. The Balaban J connectivity index is 1.70. The molecule has 0 aliphatic heterocycles. The predicted molar refractivity (Wildman–Crippen MR) is 102 cm³/mol. The lowest BCUT2D eigenvalue weighted by Crippen LogP contribution is -2.13. The van der Waals surface area contributed by atoms with Crippen LogP contribution in [0.2, 0.25) is 0 Å². The first-order valence-electron chi connectivity index (χ1n) is 8.02. The second kappa shape index (κ2) is 7.82. The first-order valence-corrected chi connectivity index (χ1v) is 9.50. The molecule has 0 saturated carbocycles. The number of hydrogen-bond acceptors (Lipinski definition) is 5. The molecule has 2 N–H and O–H groups in total. The maximum Gasteiger partial charge on any atom is 0.335 e. The maximum atomic E-state index is 12.4. The lowest BCUT2D eigenvalue weighted by Gasteiger charge is -2.10. The average Bonchev–Trinajstić information content (AvgIpc) is 2.70. The van der Waals surface area contributed by atoms with Gasteiger partial charge in [0.05, 0.1) is 22.1 Å². The second-order valence-electron chi connectivity index (χ2n) is 5.70. The molecule has 0 heterocycles. The molecule has 0 unspecified atom stereocenters. The quantitative estimate of drug-likeness (QED) is 0.656. The van der Waals surface area contributed by atoms with E-state index in [0.29, 0.717) is 22.7 Å². The zero-order valence-corrected chi connectivity index (χ0v) is 15.2. The highest BCUT2D eigenvalue weighted by Crippen LogP contribution is 2.24. The molecule has 140 valence electrons. The minimum Gasteiger partial charge on any atom is -0.478 e. The summed E-state index contributed by atoms with van der Waals surface area (Å²) in [5.41, 5.74) is 0.853. The Morgan fingerprint density at radius 2 is 1.43 bits per heavy atom. The smallest absolute Gasteiger partial charge is 0.335 e. The van der Waals surface area contributed by atoms with E-state index >= 15 is 0 Å². The number of carbonyl (C=O) groups is 1. The third-order valence-corrected chi connectivity index (χ3v) is 5.13. The van der Waals surface area contributed by atoms with Crippen molar-refractivity contribution in [2.75, 3.05) is 4.72 Å². The molecule has 7 nitrogen and oxygen atoms in total. The number of anilines is 1. The van der Waals surface area contributed by atoms with Gasteiger partial charge in [-0.15, -0.1) is 0 Å². The Morgan fingerprint density at radius 1 is 0.893 bits per heavy atom. The molecule has 3 aromatic rings. The van der Waals surface area contributed by atoms with Crippen LogP contribution in [-0.4, -0.2) is 19.5 Å². The van der Waals surface area contributed by atoms with E-state index in [1.807, 2.05) is 6.07 Å². The van der Waals surface area contributed by atoms with E-state index in [1.54, 1.807) is 48.5 Å². The van der Waals surface area contributed by atoms with Crippen molar-refractivity contribution in [2.24, 2.45) is 0 Å². The van der Waals surface area contributed by atoms with Gasteiger partial charge in [-0.3, -0.25) is 4.72 Å². The Bertz CT molecular complexity index is 1130. The minimum atomic E-state index is -3.85. The van der Waals surface area contributed by atoms with Crippen LogP contribution in [0, 0.1) is 11.3 Å². The van der Waals surface area contributed by atoms with Gasteiger partial charge in [0.15, 0.2) is 0 Å². The number of sulfonamides is 1. The van der Waals surface area contributed by atoms with Gasteiger partial charge in [0.2, 0.25) is 0 Å². The highest BCUT2D eigenvalue weighted by molar-refractivity contribution is 7.92. The number of nitrogens with one attached hydrogen (secondary N) is 1. The summed E-state index contributed by atoms with van der Waals surface area (Å²) >= 11 is 0. The molecular weight excluding hydrogens is 380 g/mol. The number of carboxylic acid groups (broad SMARTS) is 1. The monoisotopic (exact) mass is 394 g/mol. The molecule has 0 bridgehead atoms. The number of rotatable bonds is 6. The van der Waals surface area contributed by atoms with Crippen LogP contribution in [0.3, 0.4) is 0 Å². The zero-order chi connectivity index (χ0) is 20.1. The molecule has 0 atom stereocenters. The van der Waals surface area contributed by atoms with Crippen LogP contribution >= 0.6 is 0 Å². The van der Waals surface area contributed by atoms with E-state index in [9.17, 15) is 13.2 Å². The molecule has 0 radical (unpaired) electrons. The van der Waals surface area contributed by atoms with Gasteiger partial charge < -0.3 is 9.84 Å². The van der Waals surface area contributed by atoms with Crippen molar-refractivity contribution in [1.82, 2.24) is 0 Å². The average molecular weight is 394 g/mol. The van der Waals surface area contributed by atoms with Crippen molar-refractivity contribution in [3.8, 4) is 17.6 Å². The van der Waals surface area contributed by atoms with E-state index in [1.165, 1.54) is 24.3 Å². The van der Waals surface area contributed by atoms with E-state index in [2.05, 4.69) is 4.72 Å². The molecule has 0 spiro atoms. The number of ether oxygens (including phenoxy) is 1. The fourth-order valence-corrected chi connectivity index (χ4v) is 3.37. The highest BCUT2D eigenvalue weighted by atomic mass is 32.2. The maximum absolute atomic E-state index is 12.4. The van der Waals surface area contributed by atoms with Gasteiger partial charge in [0, 0.05) is 5.69 Å². The Labute approximate surface area is 161 Å². The molecule has 0 aromatic heterocycles. The van der Waals surface area contributed by atoms with Crippen LogP contribution in [0.25, 0.3) is 0 Å². The van der Waals surface area contributed by atoms with Crippen LogP contribution in [0.15, 0.2) is 77.7 Å². The number of benzene rings is 3. The number of nitriles is 1. The topological polar surface area (TPSA) is 116 Å². The van der Waals surface area contributed by atoms with E-state index in [-0.39, 0.29) is 10.5 Å². The fourth-order valence-electron chi connectivity index (χ4n) is 2.32.